The standard InChI is InChI=1S/C20H24N4OS2/c1-13-11-18(14(2)23(13)9-8-17-5-4-10-26-17)19(25)12-27-20-22-21-15(3)24(20)16-6-7-16/h4-5,10-11,16H,6-9,12H2,1-3H3. The molecule has 3 aromatic heterocycles. The summed E-state index contributed by atoms with van der Waals surface area (Å²) < 4.78 is 4.44. The van der Waals surface area contributed by atoms with E-state index in [-0.39, 0.29) is 5.78 Å². The molecule has 1 aliphatic rings. The molecule has 0 N–H and O–H groups in total. The Labute approximate surface area is 167 Å². The number of hydrogen-bond donors (Lipinski definition) is 0. The largest absolute Gasteiger partial charge is 0.348 e. The third-order valence-electron chi connectivity index (χ3n) is 5.12. The molecule has 1 aliphatic carbocycles. The van der Waals surface area contributed by atoms with Gasteiger partial charge in [-0.25, -0.2) is 0 Å². The molecule has 5 nitrogen and oxygen atoms in total. The van der Waals surface area contributed by atoms with E-state index < -0.39 is 0 Å². The Kier molecular flexibility index (Phi) is 5.23. The minimum Gasteiger partial charge on any atom is -0.348 e. The molecule has 7 heteroatoms. The van der Waals surface area contributed by atoms with Crippen LogP contribution in [0.25, 0.3) is 0 Å². The Morgan fingerprint density at radius 1 is 1.30 bits per heavy atom. The lowest BCUT2D eigenvalue weighted by Crippen LogP contribution is -2.08. The van der Waals surface area contributed by atoms with Crippen molar-refractivity contribution in [2.24, 2.45) is 0 Å². The normalized spacial score (nSPS) is 14.0. The van der Waals surface area contributed by atoms with Gasteiger partial charge in [-0.2, -0.15) is 0 Å². The number of Topliss-reactive ketones (excluding diaryl/α,β-unsaturated/α-hetero) is 1. The molecule has 0 atom stereocenters. The zero-order chi connectivity index (χ0) is 19.0. The summed E-state index contributed by atoms with van der Waals surface area (Å²) in [5.74, 6) is 1.51. The predicted molar refractivity (Wildman–Crippen MR) is 110 cm³/mol. The van der Waals surface area contributed by atoms with Gasteiger partial charge < -0.3 is 9.13 Å². The number of carbonyl (C=O) groups is 1. The molecule has 27 heavy (non-hydrogen) atoms. The Bertz CT molecular complexity index is 951. The van der Waals surface area contributed by atoms with E-state index in [1.807, 2.05) is 13.0 Å². The lowest BCUT2D eigenvalue weighted by molar-refractivity contribution is 0.102. The lowest BCUT2D eigenvalue weighted by atomic mass is 10.2. The molecule has 142 valence electrons. The maximum atomic E-state index is 12.9. The smallest absolute Gasteiger partial charge is 0.191 e. The van der Waals surface area contributed by atoms with Crippen molar-refractivity contribution in [2.75, 3.05) is 5.75 Å². The summed E-state index contributed by atoms with van der Waals surface area (Å²) in [6.45, 7) is 7.03. The van der Waals surface area contributed by atoms with Gasteiger partial charge >= 0.3 is 0 Å². The average Bonchev–Trinajstić information content (AvgIpc) is 3.08. The number of thiophene rings is 1. The van der Waals surface area contributed by atoms with Crippen molar-refractivity contribution in [1.82, 2.24) is 19.3 Å². The summed E-state index contributed by atoms with van der Waals surface area (Å²) in [6.07, 6.45) is 3.37. The molecular weight excluding hydrogens is 376 g/mol. The van der Waals surface area contributed by atoms with Gasteiger partial charge in [-0.3, -0.25) is 4.79 Å². The number of ketones is 1. The molecule has 1 fully saturated rings. The van der Waals surface area contributed by atoms with Gasteiger partial charge in [-0.15, -0.1) is 21.5 Å². The van der Waals surface area contributed by atoms with Crippen molar-refractivity contribution < 1.29 is 4.79 Å². The van der Waals surface area contributed by atoms with E-state index in [2.05, 4.69) is 50.7 Å². The first-order valence-electron chi connectivity index (χ1n) is 9.31. The molecule has 1 saturated carbocycles. The second-order valence-electron chi connectivity index (χ2n) is 7.11. The molecular formula is C20H24N4OS2. The van der Waals surface area contributed by atoms with Crippen LogP contribution in [0.1, 0.15) is 51.3 Å². The number of aromatic nitrogens is 4. The fourth-order valence-electron chi connectivity index (χ4n) is 3.51. The van der Waals surface area contributed by atoms with Gasteiger partial charge in [0.05, 0.1) is 5.75 Å². The van der Waals surface area contributed by atoms with Crippen molar-refractivity contribution in [3.63, 3.8) is 0 Å². The Hall–Kier alpha value is -1.86. The molecule has 0 spiro atoms. The molecule has 3 heterocycles. The van der Waals surface area contributed by atoms with Crippen LogP contribution >= 0.6 is 23.1 Å². The van der Waals surface area contributed by atoms with E-state index in [9.17, 15) is 4.79 Å². The molecule has 0 radical (unpaired) electrons. The summed E-state index contributed by atoms with van der Waals surface area (Å²) in [6, 6.07) is 6.81. The quantitative estimate of drug-likeness (QED) is 0.409. The third-order valence-corrected chi connectivity index (χ3v) is 6.99. The van der Waals surface area contributed by atoms with Gasteiger partial charge in [0.15, 0.2) is 10.9 Å². The van der Waals surface area contributed by atoms with Crippen molar-refractivity contribution in [1.29, 1.82) is 0 Å². The number of rotatable bonds is 8. The zero-order valence-corrected chi connectivity index (χ0v) is 17.6. The topological polar surface area (TPSA) is 52.7 Å². The fraction of sp³-hybridized carbons (Fsp3) is 0.450. The van der Waals surface area contributed by atoms with Crippen LogP contribution in [0, 0.1) is 20.8 Å². The number of thioether (sulfide) groups is 1. The number of aryl methyl sites for hydroxylation is 3. The van der Waals surface area contributed by atoms with Gasteiger partial charge in [-0.05, 0) is 57.5 Å². The van der Waals surface area contributed by atoms with Crippen molar-refractivity contribution >= 4 is 28.9 Å². The highest BCUT2D eigenvalue weighted by atomic mass is 32.2. The first-order valence-corrected chi connectivity index (χ1v) is 11.2. The van der Waals surface area contributed by atoms with Crippen LogP contribution in [0.15, 0.2) is 28.7 Å². The minimum atomic E-state index is 0.165. The Morgan fingerprint density at radius 2 is 2.11 bits per heavy atom. The van der Waals surface area contributed by atoms with E-state index >= 15 is 0 Å². The fourth-order valence-corrected chi connectivity index (χ4v) is 5.15. The molecule has 0 saturated heterocycles. The molecule has 0 aliphatic heterocycles. The van der Waals surface area contributed by atoms with E-state index in [4.69, 9.17) is 0 Å². The highest BCUT2D eigenvalue weighted by molar-refractivity contribution is 7.99. The molecule has 3 aromatic rings. The Morgan fingerprint density at radius 3 is 2.81 bits per heavy atom. The minimum absolute atomic E-state index is 0.165. The maximum Gasteiger partial charge on any atom is 0.191 e. The van der Waals surface area contributed by atoms with Crippen LogP contribution in [-0.4, -0.2) is 30.9 Å². The van der Waals surface area contributed by atoms with Gasteiger partial charge in [0, 0.05) is 34.4 Å². The highest BCUT2D eigenvalue weighted by Gasteiger charge is 2.28. The van der Waals surface area contributed by atoms with Crippen molar-refractivity contribution in [3.05, 3.63) is 51.2 Å². The monoisotopic (exact) mass is 400 g/mol. The summed E-state index contributed by atoms with van der Waals surface area (Å²) >= 11 is 3.29. The molecule has 0 unspecified atom stereocenters. The van der Waals surface area contributed by atoms with E-state index in [1.54, 1.807) is 11.3 Å². The second-order valence-corrected chi connectivity index (χ2v) is 9.08. The highest BCUT2D eigenvalue weighted by Crippen LogP contribution is 2.38. The van der Waals surface area contributed by atoms with Crippen LogP contribution in [0.2, 0.25) is 0 Å². The summed E-state index contributed by atoms with van der Waals surface area (Å²) in [5.41, 5.74) is 3.05. The third kappa shape index (κ3) is 3.89. The van der Waals surface area contributed by atoms with Crippen LogP contribution in [0.3, 0.4) is 0 Å². The number of hydrogen-bond acceptors (Lipinski definition) is 5. The Balaban J connectivity index is 1.43. The molecule has 0 amide bonds. The maximum absolute atomic E-state index is 12.9. The van der Waals surface area contributed by atoms with E-state index in [0.29, 0.717) is 11.8 Å². The zero-order valence-electron chi connectivity index (χ0n) is 15.9. The average molecular weight is 401 g/mol. The first-order chi connectivity index (χ1) is 13.0. The predicted octanol–water partition coefficient (Wildman–Crippen LogP) is 4.62. The SMILES string of the molecule is Cc1cc(C(=O)CSc2nnc(C)n2C2CC2)c(C)n1CCc1cccs1. The first kappa shape index (κ1) is 18.5. The van der Waals surface area contributed by atoms with E-state index in [0.717, 1.165) is 40.9 Å². The summed E-state index contributed by atoms with van der Waals surface area (Å²) in [4.78, 5) is 14.2. The van der Waals surface area contributed by atoms with Crippen LogP contribution in [-0.2, 0) is 13.0 Å². The van der Waals surface area contributed by atoms with Crippen LogP contribution in [0.5, 0.6) is 0 Å². The molecule has 0 bridgehead atoms. The molecule has 4 rings (SSSR count). The van der Waals surface area contributed by atoms with Gasteiger partial charge in [0.25, 0.3) is 0 Å². The summed E-state index contributed by atoms with van der Waals surface area (Å²) in [7, 11) is 0. The van der Waals surface area contributed by atoms with E-state index in [1.165, 1.54) is 29.5 Å². The lowest BCUT2D eigenvalue weighted by Gasteiger charge is -2.09. The van der Waals surface area contributed by atoms with Gasteiger partial charge in [-0.1, -0.05) is 17.8 Å². The molecule has 0 aromatic carbocycles. The van der Waals surface area contributed by atoms with Gasteiger partial charge in [0.2, 0.25) is 0 Å². The van der Waals surface area contributed by atoms with Crippen molar-refractivity contribution in [3.8, 4) is 0 Å². The number of carbonyl (C=O) groups excluding carboxylic acids is 1. The summed E-state index contributed by atoms with van der Waals surface area (Å²) in [5, 5.41) is 11.4. The van der Waals surface area contributed by atoms with Crippen LogP contribution < -0.4 is 0 Å². The second kappa shape index (κ2) is 7.64. The number of nitrogens with zero attached hydrogens (tertiary/aromatic N) is 4. The van der Waals surface area contributed by atoms with Crippen LogP contribution in [0.4, 0.5) is 0 Å². The van der Waals surface area contributed by atoms with Gasteiger partial charge in [0.1, 0.15) is 5.82 Å². The van der Waals surface area contributed by atoms with Crippen molar-refractivity contribution in [2.45, 2.75) is 57.8 Å².